The zero-order valence-corrected chi connectivity index (χ0v) is 30.2. The standard InChI is InChI=1S/C37H78N2O4/c1-7-9-11-13-14-15-16-17-20-25-31-41-34-37(35-42-32-27-38(3)4,36-43-33-28-39(5)6)26-22-19-18-21-24-30-40-29-23-12-10-8-2/h7-36H2,1-6H3. The van der Waals surface area contributed by atoms with Crippen LogP contribution in [0.4, 0.5) is 0 Å². The maximum absolute atomic E-state index is 6.39. The highest BCUT2D eigenvalue weighted by molar-refractivity contribution is 4.80. The predicted octanol–water partition coefficient (Wildman–Crippen LogP) is 9.00. The molecule has 0 aliphatic heterocycles. The fraction of sp³-hybridized carbons (Fsp3) is 1.00. The van der Waals surface area contributed by atoms with Crippen LogP contribution in [0.25, 0.3) is 0 Å². The summed E-state index contributed by atoms with van der Waals surface area (Å²) in [4.78, 5) is 4.37. The molecule has 0 aromatic rings. The van der Waals surface area contributed by atoms with Gasteiger partial charge in [-0.15, -0.1) is 0 Å². The van der Waals surface area contributed by atoms with E-state index in [2.05, 4.69) is 51.8 Å². The van der Waals surface area contributed by atoms with Crippen LogP contribution in [0.1, 0.15) is 142 Å². The third-order valence-corrected chi connectivity index (χ3v) is 8.37. The van der Waals surface area contributed by atoms with E-state index in [1.165, 1.54) is 116 Å². The Bertz CT molecular complexity index is 487. The first-order valence-corrected chi connectivity index (χ1v) is 18.6. The minimum atomic E-state index is -0.0707. The van der Waals surface area contributed by atoms with Gasteiger partial charge in [0.1, 0.15) is 0 Å². The molecule has 0 saturated carbocycles. The Morgan fingerprint density at radius 1 is 0.372 bits per heavy atom. The van der Waals surface area contributed by atoms with Gasteiger partial charge < -0.3 is 28.7 Å². The molecule has 0 atom stereocenters. The van der Waals surface area contributed by atoms with Crippen LogP contribution in [0.3, 0.4) is 0 Å². The van der Waals surface area contributed by atoms with Gasteiger partial charge in [-0.2, -0.15) is 0 Å². The van der Waals surface area contributed by atoms with Gasteiger partial charge in [0.25, 0.3) is 0 Å². The highest BCUT2D eigenvalue weighted by atomic mass is 16.5. The van der Waals surface area contributed by atoms with Gasteiger partial charge in [-0.05, 0) is 53.9 Å². The van der Waals surface area contributed by atoms with Crippen LogP contribution in [0.15, 0.2) is 0 Å². The number of unbranched alkanes of at least 4 members (excludes halogenated alkanes) is 16. The number of hydrogen-bond acceptors (Lipinski definition) is 6. The average Bonchev–Trinajstić information content (AvgIpc) is 2.98. The summed E-state index contributed by atoms with van der Waals surface area (Å²) in [7, 11) is 8.42. The van der Waals surface area contributed by atoms with Crippen LogP contribution in [-0.2, 0) is 18.9 Å². The lowest BCUT2D eigenvalue weighted by atomic mass is 9.84. The molecule has 0 aliphatic rings. The van der Waals surface area contributed by atoms with Crippen LogP contribution in [0.5, 0.6) is 0 Å². The van der Waals surface area contributed by atoms with Crippen LogP contribution in [0.2, 0.25) is 0 Å². The molecule has 0 fully saturated rings. The predicted molar refractivity (Wildman–Crippen MR) is 187 cm³/mol. The Kier molecular flexibility index (Phi) is 32.9. The van der Waals surface area contributed by atoms with Crippen LogP contribution < -0.4 is 0 Å². The summed E-state index contributed by atoms with van der Waals surface area (Å²) in [6.45, 7) is 12.8. The molecular weight excluding hydrogens is 536 g/mol. The van der Waals surface area contributed by atoms with E-state index in [1.54, 1.807) is 0 Å². The summed E-state index contributed by atoms with van der Waals surface area (Å²) in [5.74, 6) is 0. The molecule has 0 aliphatic carbocycles. The van der Waals surface area contributed by atoms with E-state index in [0.29, 0.717) is 13.2 Å². The SMILES string of the molecule is CCCCCCCCCCCCOCC(CCCCCCCOCCCCCC)(COCCN(C)C)COCCN(C)C. The van der Waals surface area contributed by atoms with E-state index in [4.69, 9.17) is 18.9 Å². The molecule has 0 rings (SSSR count). The maximum atomic E-state index is 6.39. The Balaban J connectivity index is 4.58. The fourth-order valence-electron chi connectivity index (χ4n) is 5.36. The fourth-order valence-corrected chi connectivity index (χ4v) is 5.36. The largest absolute Gasteiger partial charge is 0.381 e. The van der Waals surface area contributed by atoms with Gasteiger partial charge >= 0.3 is 0 Å². The van der Waals surface area contributed by atoms with Crippen molar-refractivity contribution in [2.45, 2.75) is 142 Å². The van der Waals surface area contributed by atoms with Gasteiger partial charge in [-0.3, -0.25) is 0 Å². The van der Waals surface area contributed by atoms with Crippen molar-refractivity contribution in [3.8, 4) is 0 Å². The number of nitrogens with zero attached hydrogens (tertiary/aromatic N) is 2. The first kappa shape index (κ1) is 42.8. The highest BCUT2D eigenvalue weighted by Gasteiger charge is 2.31. The van der Waals surface area contributed by atoms with Gasteiger partial charge in [0.2, 0.25) is 0 Å². The molecule has 0 radical (unpaired) electrons. The van der Waals surface area contributed by atoms with Crippen LogP contribution in [0, 0.1) is 5.41 Å². The molecule has 0 unspecified atom stereocenters. The third-order valence-electron chi connectivity index (χ3n) is 8.37. The van der Waals surface area contributed by atoms with Gasteiger partial charge in [0.05, 0.1) is 33.0 Å². The molecule has 0 aromatic carbocycles. The Hall–Kier alpha value is -0.240. The Morgan fingerprint density at radius 3 is 1.12 bits per heavy atom. The minimum absolute atomic E-state index is 0.0707. The lowest BCUT2D eigenvalue weighted by Gasteiger charge is -2.34. The number of ether oxygens (including phenoxy) is 4. The number of hydrogen-bond donors (Lipinski definition) is 0. The van der Waals surface area contributed by atoms with Gasteiger partial charge in [0.15, 0.2) is 0 Å². The van der Waals surface area contributed by atoms with Gasteiger partial charge in [-0.25, -0.2) is 0 Å². The third kappa shape index (κ3) is 31.5. The first-order valence-electron chi connectivity index (χ1n) is 18.6. The van der Waals surface area contributed by atoms with Crippen molar-refractivity contribution in [3.05, 3.63) is 0 Å². The summed E-state index contributed by atoms with van der Waals surface area (Å²) in [5.41, 5.74) is -0.0707. The second-order valence-electron chi connectivity index (χ2n) is 13.6. The second-order valence-corrected chi connectivity index (χ2v) is 13.6. The van der Waals surface area contributed by atoms with E-state index in [-0.39, 0.29) is 5.41 Å². The van der Waals surface area contributed by atoms with E-state index >= 15 is 0 Å². The van der Waals surface area contributed by atoms with Crippen LogP contribution in [-0.4, -0.2) is 104 Å². The monoisotopic (exact) mass is 615 g/mol. The Labute approximate surface area is 270 Å². The van der Waals surface area contributed by atoms with Crippen molar-refractivity contribution in [1.29, 1.82) is 0 Å². The summed E-state index contributed by atoms with van der Waals surface area (Å²) in [6.07, 6.45) is 25.9. The summed E-state index contributed by atoms with van der Waals surface area (Å²) in [5, 5.41) is 0. The van der Waals surface area contributed by atoms with Crippen molar-refractivity contribution in [1.82, 2.24) is 9.80 Å². The normalized spacial score (nSPS) is 12.3. The molecule has 260 valence electrons. The molecular formula is C37H78N2O4. The smallest absolute Gasteiger partial charge is 0.0593 e. The number of rotatable bonds is 36. The van der Waals surface area contributed by atoms with Crippen molar-refractivity contribution in [2.24, 2.45) is 5.41 Å². The quantitative estimate of drug-likeness (QED) is 0.0656. The second kappa shape index (κ2) is 33.1. The zero-order chi connectivity index (χ0) is 31.7. The molecule has 0 aromatic heterocycles. The first-order chi connectivity index (χ1) is 21.0. The lowest BCUT2D eigenvalue weighted by Crippen LogP contribution is -2.39. The maximum Gasteiger partial charge on any atom is 0.0593 e. The van der Waals surface area contributed by atoms with Crippen molar-refractivity contribution >= 4 is 0 Å². The van der Waals surface area contributed by atoms with E-state index in [0.717, 1.165) is 65.6 Å². The molecule has 0 amide bonds. The van der Waals surface area contributed by atoms with Crippen LogP contribution >= 0.6 is 0 Å². The Morgan fingerprint density at radius 2 is 0.698 bits per heavy atom. The van der Waals surface area contributed by atoms with Crippen molar-refractivity contribution in [3.63, 3.8) is 0 Å². The molecule has 0 saturated heterocycles. The minimum Gasteiger partial charge on any atom is -0.381 e. The highest BCUT2D eigenvalue weighted by Crippen LogP contribution is 2.28. The van der Waals surface area contributed by atoms with E-state index in [9.17, 15) is 0 Å². The lowest BCUT2D eigenvalue weighted by molar-refractivity contribution is -0.0773. The van der Waals surface area contributed by atoms with Crippen molar-refractivity contribution in [2.75, 3.05) is 94.1 Å². The van der Waals surface area contributed by atoms with Gasteiger partial charge in [0, 0.05) is 38.3 Å². The molecule has 43 heavy (non-hydrogen) atoms. The molecule has 0 heterocycles. The van der Waals surface area contributed by atoms with Crippen molar-refractivity contribution < 1.29 is 18.9 Å². The summed E-state index contributed by atoms with van der Waals surface area (Å²) < 4.78 is 24.8. The zero-order valence-electron chi connectivity index (χ0n) is 30.2. The number of likely N-dealkylation sites (N-methyl/N-ethyl adjacent to an activating group) is 2. The molecule has 0 spiro atoms. The molecule has 0 bridgehead atoms. The van der Waals surface area contributed by atoms with E-state index in [1.807, 2.05) is 0 Å². The molecule has 6 nitrogen and oxygen atoms in total. The average molecular weight is 615 g/mol. The summed E-state index contributed by atoms with van der Waals surface area (Å²) in [6, 6.07) is 0. The van der Waals surface area contributed by atoms with Gasteiger partial charge in [-0.1, -0.05) is 117 Å². The summed E-state index contributed by atoms with van der Waals surface area (Å²) >= 11 is 0. The van der Waals surface area contributed by atoms with E-state index < -0.39 is 0 Å². The molecule has 6 heteroatoms. The topological polar surface area (TPSA) is 43.4 Å². The molecule has 0 N–H and O–H groups in total.